The van der Waals surface area contributed by atoms with Gasteiger partial charge in [0.25, 0.3) is 0 Å². The average Bonchev–Trinajstić information content (AvgIpc) is 3.26. The minimum atomic E-state index is -0.308. The highest BCUT2D eigenvalue weighted by molar-refractivity contribution is 5.92. The lowest BCUT2D eigenvalue weighted by atomic mass is 10.1. The summed E-state index contributed by atoms with van der Waals surface area (Å²) in [5, 5.41) is 14.8. The fourth-order valence-electron chi connectivity index (χ4n) is 3.86. The number of benzene rings is 1. The second-order valence-electron chi connectivity index (χ2n) is 8.81. The van der Waals surface area contributed by atoms with Crippen LogP contribution in [-0.2, 0) is 6.54 Å². The van der Waals surface area contributed by atoms with E-state index in [4.69, 9.17) is 4.98 Å². The second kappa shape index (κ2) is 11.1. The van der Waals surface area contributed by atoms with Crippen molar-refractivity contribution in [3.63, 3.8) is 0 Å². The van der Waals surface area contributed by atoms with Crippen molar-refractivity contribution in [1.29, 1.82) is 0 Å². The van der Waals surface area contributed by atoms with E-state index < -0.39 is 0 Å². The molecule has 3 N–H and O–H groups in total. The molecule has 4 aromatic rings. The topological polar surface area (TPSA) is 100 Å². The quantitative estimate of drug-likeness (QED) is 0.322. The number of fused-ring (bicyclic) bond motifs is 1. The molecule has 9 heteroatoms. The normalized spacial score (nSPS) is 12.1. The number of nitrogens with one attached hydrogen (secondary N) is 3. The molecule has 0 spiro atoms. The number of nitrogens with zero attached hydrogens (tertiary/aromatic N) is 5. The summed E-state index contributed by atoms with van der Waals surface area (Å²) in [6.07, 6.45) is 3.57. The Morgan fingerprint density at radius 3 is 2.69 bits per heavy atom. The summed E-state index contributed by atoms with van der Waals surface area (Å²) in [4.78, 5) is 23.9. The third-order valence-electron chi connectivity index (χ3n) is 5.66. The molecule has 0 bridgehead atoms. The van der Waals surface area contributed by atoms with Crippen LogP contribution in [0.2, 0.25) is 0 Å². The first-order chi connectivity index (χ1) is 16.9. The number of pyridine rings is 2. The van der Waals surface area contributed by atoms with Crippen LogP contribution in [0.1, 0.15) is 29.9 Å². The predicted octanol–water partition coefficient (Wildman–Crippen LogP) is 3.66. The number of carbonyl (C=O) groups is 1. The summed E-state index contributed by atoms with van der Waals surface area (Å²) in [6, 6.07) is 15.2. The molecular formula is C26H32N8O. The fraction of sp³-hybridized carbons (Fsp3) is 0.308. The van der Waals surface area contributed by atoms with Gasteiger partial charge >= 0.3 is 6.03 Å². The van der Waals surface area contributed by atoms with Gasteiger partial charge in [0.1, 0.15) is 5.82 Å². The van der Waals surface area contributed by atoms with Crippen molar-refractivity contribution in [3.8, 4) is 5.69 Å². The molecule has 182 valence electrons. The van der Waals surface area contributed by atoms with Crippen molar-refractivity contribution >= 4 is 22.8 Å². The summed E-state index contributed by atoms with van der Waals surface area (Å²) in [5.41, 5.74) is 4.56. The lowest BCUT2D eigenvalue weighted by Gasteiger charge is -2.16. The van der Waals surface area contributed by atoms with Crippen LogP contribution in [0.15, 0.2) is 60.9 Å². The van der Waals surface area contributed by atoms with Gasteiger partial charge in [-0.25, -0.2) is 14.5 Å². The smallest absolute Gasteiger partial charge is 0.320 e. The molecule has 4 rings (SSSR count). The van der Waals surface area contributed by atoms with Gasteiger partial charge in [0.2, 0.25) is 0 Å². The van der Waals surface area contributed by atoms with Crippen LogP contribution >= 0.6 is 0 Å². The Hall–Kier alpha value is -3.82. The number of anilines is 1. The number of hydrogen-bond acceptors (Lipinski definition) is 6. The number of amides is 2. The first-order valence-corrected chi connectivity index (χ1v) is 11.7. The van der Waals surface area contributed by atoms with Crippen molar-refractivity contribution in [3.05, 3.63) is 77.9 Å². The van der Waals surface area contributed by atoms with E-state index in [1.54, 1.807) is 12.4 Å². The summed E-state index contributed by atoms with van der Waals surface area (Å²) in [7, 11) is 4.08. The molecule has 1 unspecified atom stereocenters. The zero-order valence-corrected chi connectivity index (χ0v) is 20.6. The van der Waals surface area contributed by atoms with E-state index >= 15 is 0 Å². The molecule has 0 aliphatic heterocycles. The van der Waals surface area contributed by atoms with E-state index in [9.17, 15) is 4.79 Å². The molecule has 0 aliphatic carbocycles. The number of aromatic nitrogens is 4. The number of urea groups is 1. The Kier molecular flexibility index (Phi) is 7.69. The van der Waals surface area contributed by atoms with Gasteiger partial charge in [0.05, 0.1) is 29.1 Å². The van der Waals surface area contributed by atoms with Crippen LogP contribution in [0.25, 0.3) is 16.6 Å². The van der Waals surface area contributed by atoms with E-state index in [1.807, 2.05) is 81.2 Å². The Morgan fingerprint density at radius 1 is 1.14 bits per heavy atom. The first-order valence-electron chi connectivity index (χ1n) is 11.7. The first kappa shape index (κ1) is 24.3. The molecule has 1 atom stereocenters. The Labute approximate surface area is 205 Å². The van der Waals surface area contributed by atoms with Crippen LogP contribution in [0, 0.1) is 6.92 Å². The molecule has 1 aromatic carbocycles. The van der Waals surface area contributed by atoms with E-state index in [2.05, 4.69) is 30.9 Å². The van der Waals surface area contributed by atoms with Gasteiger partial charge in [-0.1, -0.05) is 30.3 Å². The van der Waals surface area contributed by atoms with Crippen LogP contribution < -0.4 is 16.0 Å². The molecule has 0 radical (unpaired) electrons. The fourth-order valence-corrected chi connectivity index (χ4v) is 3.86. The van der Waals surface area contributed by atoms with Crippen LogP contribution in [-0.4, -0.2) is 57.9 Å². The lowest BCUT2D eigenvalue weighted by Crippen LogP contribution is -2.31. The van der Waals surface area contributed by atoms with Gasteiger partial charge in [0, 0.05) is 36.9 Å². The molecular weight excluding hydrogens is 440 g/mol. The van der Waals surface area contributed by atoms with Crippen LogP contribution in [0.3, 0.4) is 0 Å². The van der Waals surface area contributed by atoms with Gasteiger partial charge in [-0.15, -0.1) is 0 Å². The highest BCUT2D eigenvalue weighted by atomic mass is 16.2. The maximum atomic E-state index is 12.7. The zero-order chi connectivity index (χ0) is 24.8. The standard InChI is InChI=1S/C26H32N8O/c1-18-14-22(10-11-28-18)34-25-21(16-29-34)15-24(31-23(25)17-27-12-13-33(3)4)32-26(35)30-19(2)20-8-6-5-7-9-20/h5-11,14-16,19,27H,12-13,17H2,1-4H3,(H2,30,31,32,35). The minimum Gasteiger partial charge on any atom is -0.331 e. The third kappa shape index (κ3) is 6.20. The summed E-state index contributed by atoms with van der Waals surface area (Å²) >= 11 is 0. The SMILES string of the molecule is Cc1cc(-n2ncc3cc(NC(=O)NC(C)c4ccccc4)nc(CNCCN(C)C)c32)ccn1. The summed E-state index contributed by atoms with van der Waals surface area (Å²) < 4.78 is 1.88. The van der Waals surface area contributed by atoms with Gasteiger partial charge in [0.15, 0.2) is 0 Å². The highest BCUT2D eigenvalue weighted by Crippen LogP contribution is 2.24. The minimum absolute atomic E-state index is 0.134. The second-order valence-corrected chi connectivity index (χ2v) is 8.81. The van der Waals surface area contributed by atoms with Gasteiger partial charge < -0.3 is 15.5 Å². The highest BCUT2D eigenvalue weighted by Gasteiger charge is 2.16. The van der Waals surface area contributed by atoms with E-state index in [-0.39, 0.29) is 12.1 Å². The van der Waals surface area contributed by atoms with Crippen molar-refractivity contribution in [2.24, 2.45) is 0 Å². The van der Waals surface area contributed by atoms with Crippen molar-refractivity contribution in [1.82, 2.24) is 35.3 Å². The lowest BCUT2D eigenvalue weighted by molar-refractivity contribution is 0.249. The number of likely N-dealkylation sites (N-methyl/N-ethyl adjacent to an activating group) is 1. The summed E-state index contributed by atoms with van der Waals surface area (Å²) in [5.74, 6) is 0.477. The van der Waals surface area contributed by atoms with Crippen molar-refractivity contribution < 1.29 is 4.79 Å². The predicted molar refractivity (Wildman–Crippen MR) is 139 cm³/mol. The van der Waals surface area contributed by atoms with E-state index in [1.165, 1.54) is 0 Å². The van der Waals surface area contributed by atoms with E-state index in [0.717, 1.165) is 46.6 Å². The van der Waals surface area contributed by atoms with Gasteiger partial charge in [-0.2, -0.15) is 5.10 Å². The Balaban J connectivity index is 1.60. The maximum Gasteiger partial charge on any atom is 0.320 e. The van der Waals surface area contributed by atoms with Crippen molar-refractivity contribution in [2.75, 3.05) is 32.5 Å². The molecule has 0 fully saturated rings. The average molecular weight is 473 g/mol. The summed E-state index contributed by atoms with van der Waals surface area (Å²) in [6.45, 7) is 6.16. The monoisotopic (exact) mass is 472 g/mol. The molecule has 9 nitrogen and oxygen atoms in total. The molecule has 3 heterocycles. The van der Waals surface area contributed by atoms with Crippen molar-refractivity contribution in [2.45, 2.75) is 26.4 Å². The van der Waals surface area contributed by atoms with Crippen LogP contribution in [0.5, 0.6) is 0 Å². The molecule has 3 aromatic heterocycles. The van der Waals surface area contributed by atoms with E-state index in [0.29, 0.717) is 12.4 Å². The third-order valence-corrected chi connectivity index (χ3v) is 5.66. The molecule has 0 saturated carbocycles. The zero-order valence-electron chi connectivity index (χ0n) is 20.6. The Morgan fingerprint density at radius 2 is 1.94 bits per heavy atom. The van der Waals surface area contributed by atoms with Crippen LogP contribution in [0.4, 0.5) is 10.6 Å². The van der Waals surface area contributed by atoms with Gasteiger partial charge in [-0.3, -0.25) is 10.3 Å². The molecule has 0 saturated heterocycles. The number of hydrogen-bond donors (Lipinski definition) is 3. The molecule has 2 amide bonds. The number of carbonyl (C=O) groups excluding carboxylic acids is 1. The largest absolute Gasteiger partial charge is 0.331 e. The molecule has 0 aliphatic rings. The number of rotatable bonds is 9. The Bertz CT molecular complexity index is 1290. The maximum absolute atomic E-state index is 12.7. The van der Waals surface area contributed by atoms with Gasteiger partial charge in [-0.05, 0) is 51.7 Å². The molecule has 35 heavy (non-hydrogen) atoms. The number of aryl methyl sites for hydroxylation is 1.